The van der Waals surface area contributed by atoms with Crippen LogP contribution >= 0.6 is 0 Å². The fourth-order valence-corrected chi connectivity index (χ4v) is 2.27. The molecule has 3 rings (SSSR count). The van der Waals surface area contributed by atoms with Gasteiger partial charge in [0.2, 0.25) is 5.88 Å². The van der Waals surface area contributed by atoms with E-state index in [2.05, 4.69) is 9.97 Å². The van der Waals surface area contributed by atoms with Crippen LogP contribution in [0.1, 0.15) is 24.1 Å². The van der Waals surface area contributed by atoms with E-state index in [0.29, 0.717) is 11.6 Å². The Hall–Kier alpha value is -2.10. The predicted molar refractivity (Wildman–Crippen MR) is 69.6 cm³/mol. The van der Waals surface area contributed by atoms with E-state index in [1.807, 2.05) is 18.2 Å². The molecule has 0 fully saturated rings. The van der Waals surface area contributed by atoms with E-state index in [-0.39, 0.29) is 0 Å². The number of nitrogen functional groups attached to an aromatic ring is 1. The van der Waals surface area contributed by atoms with E-state index in [1.54, 1.807) is 12.4 Å². The second kappa shape index (κ2) is 4.64. The molecule has 0 spiro atoms. The number of aryl methyl sites for hydroxylation is 1. The zero-order chi connectivity index (χ0) is 12.4. The topological polar surface area (TPSA) is 61.0 Å². The molecule has 0 unspecified atom stereocenters. The highest BCUT2D eigenvalue weighted by Crippen LogP contribution is 2.29. The number of nitrogens with zero attached hydrogens (tertiary/aromatic N) is 2. The summed E-state index contributed by atoms with van der Waals surface area (Å²) in [7, 11) is 0. The van der Waals surface area contributed by atoms with Gasteiger partial charge in [0, 0.05) is 17.3 Å². The number of fused-ring (bicyclic) bond motifs is 1. The third-order valence-corrected chi connectivity index (χ3v) is 3.16. The summed E-state index contributed by atoms with van der Waals surface area (Å²) < 4.78 is 5.83. The number of aromatic nitrogens is 2. The molecule has 0 aliphatic heterocycles. The van der Waals surface area contributed by atoms with Gasteiger partial charge in [-0.1, -0.05) is 6.07 Å². The molecule has 2 N–H and O–H groups in total. The van der Waals surface area contributed by atoms with Crippen LogP contribution in [0.3, 0.4) is 0 Å². The first-order valence-corrected chi connectivity index (χ1v) is 6.19. The standard InChI is InChI=1S/C14H15N3O/c15-10-4-3-5-11(8-10)18-14-12-6-1-2-7-13(12)16-9-17-14/h3-5,8-9H,1-2,6-7,15H2. The largest absolute Gasteiger partial charge is 0.439 e. The minimum Gasteiger partial charge on any atom is -0.439 e. The van der Waals surface area contributed by atoms with E-state index in [0.717, 1.165) is 29.8 Å². The molecule has 0 saturated carbocycles. The van der Waals surface area contributed by atoms with Crippen molar-refractivity contribution in [1.82, 2.24) is 9.97 Å². The quantitative estimate of drug-likeness (QED) is 0.821. The van der Waals surface area contributed by atoms with Crippen LogP contribution in [0.4, 0.5) is 5.69 Å². The normalized spacial score (nSPS) is 14.0. The van der Waals surface area contributed by atoms with Crippen molar-refractivity contribution in [2.24, 2.45) is 0 Å². The van der Waals surface area contributed by atoms with E-state index in [9.17, 15) is 0 Å². The van der Waals surface area contributed by atoms with Crippen molar-refractivity contribution in [3.05, 3.63) is 41.9 Å². The van der Waals surface area contributed by atoms with Crippen LogP contribution in [0, 0.1) is 0 Å². The van der Waals surface area contributed by atoms with Crippen LogP contribution in [-0.2, 0) is 12.8 Å². The molecule has 4 heteroatoms. The maximum Gasteiger partial charge on any atom is 0.225 e. The van der Waals surface area contributed by atoms with Crippen LogP contribution in [-0.4, -0.2) is 9.97 Å². The fraction of sp³-hybridized carbons (Fsp3) is 0.286. The summed E-state index contributed by atoms with van der Waals surface area (Å²) in [6.07, 6.45) is 5.96. The van der Waals surface area contributed by atoms with Crippen LogP contribution < -0.4 is 10.5 Å². The number of benzene rings is 1. The molecule has 92 valence electrons. The number of nitrogens with two attached hydrogens (primary N) is 1. The minimum atomic E-state index is 0.672. The Bertz CT molecular complexity index is 569. The van der Waals surface area contributed by atoms with E-state index in [1.165, 1.54) is 12.8 Å². The van der Waals surface area contributed by atoms with Gasteiger partial charge in [0.05, 0.1) is 5.69 Å². The maximum atomic E-state index is 5.83. The predicted octanol–water partition coefficient (Wildman–Crippen LogP) is 2.73. The molecule has 1 heterocycles. The summed E-state index contributed by atoms with van der Waals surface area (Å²) in [5, 5.41) is 0. The second-order valence-electron chi connectivity index (χ2n) is 4.49. The first-order valence-electron chi connectivity index (χ1n) is 6.19. The molecular weight excluding hydrogens is 226 g/mol. The van der Waals surface area contributed by atoms with Gasteiger partial charge in [0.25, 0.3) is 0 Å². The highest BCUT2D eigenvalue weighted by molar-refractivity contribution is 5.45. The summed E-state index contributed by atoms with van der Waals surface area (Å²) in [4.78, 5) is 8.57. The Labute approximate surface area is 106 Å². The summed E-state index contributed by atoms with van der Waals surface area (Å²) >= 11 is 0. The van der Waals surface area contributed by atoms with E-state index in [4.69, 9.17) is 10.5 Å². The average Bonchev–Trinajstić information content (AvgIpc) is 2.39. The van der Waals surface area contributed by atoms with Crippen molar-refractivity contribution in [3.63, 3.8) is 0 Å². The van der Waals surface area contributed by atoms with Crippen molar-refractivity contribution in [2.45, 2.75) is 25.7 Å². The fourth-order valence-electron chi connectivity index (χ4n) is 2.27. The zero-order valence-electron chi connectivity index (χ0n) is 10.1. The monoisotopic (exact) mass is 241 g/mol. The van der Waals surface area contributed by atoms with Crippen LogP contribution in [0.25, 0.3) is 0 Å². The molecule has 1 aromatic carbocycles. The van der Waals surface area contributed by atoms with Gasteiger partial charge in [0.15, 0.2) is 0 Å². The summed E-state index contributed by atoms with van der Waals surface area (Å²) in [6, 6.07) is 7.39. The molecule has 0 radical (unpaired) electrons. The third-order valence-electron chi connectivity index (χ3n) is 3.16. The number of ether oxygens (including phenoxy) is 1. The summed E-state index contributed by atoms with van der Waals surface area (Å²) in [6.45, 7) is 0. The van der Waals surface area contributed by atoms with Gasteiger partial charge in [-0.05, 0) is 37.8 Å². The third kappa shape index (κ3) is 2.14. The molecule has 0 amide bonds. The van der Waals surface area contributed by atoms with Gasteiger partial charge < -0.3 is 10.5 Å². The summed E-state index contributed by atoms with van der Waals surface area (Å²) in [5.74, 6) is 1.40. The molecular formula is C14H15N3O. The van der Waals surface area contributed by atoms with Gasteiger partial charge in [-0.2, -0.15) is 0 Å². The number of anilines is 1. The van der Waals surface area contributed by atoms with Crippen molar-refractivity contribution in [3.8, 4) is 11.6 Å². The smallest absolute Gasteiger partial charge is 0.225 e. The van der Waals surface area contributed by atoms with Gasteiger partial charge in [0.1, 0.15) is 12.1 Å². The highest BCUT2D eigenvalue weighted by Gasteiger charge is 2.16. The Morgan fingerprint density at radius 2 is 2.00 bits per heavy atom. The Morgan fingerprint density at radius 1 is 1.11 bits per heavy atom. The number of rotatable bonds is 2. The molecule has 0 atom stereocenters. The molecule has 1 aromatic heterocycles. The Balaban J connectivity index is 1.93. The number of hydrogen-bond donors (Lipinski definition) is 1. The molecule has 18 heavy (non-hydrogen) atoms. The molecule has 1 aliphatic carbocycles. The first kappa shape index (κ1) is 11.0. The maximum absolute atomic E-state index is 5.83. The molecule has 2 aromatic rings. The van der Waals surface area contributed by atoms with Gasteiger partial charge >= 0.3 is 0 Å². The van der Waals surface area contributed by atoms with Crippen LogP contribution in [0.2, 0.25) is 0 Å². The molecule has 0 bridgehead atoms. The van der Waals surface area contributed by atoms with Crippen molar-refractivity contribution in [2.75, 3.05) is 5.73 Å². The van der Waals surface area contributed by atoms with Crippen molar-refractivity contribution >= 4 is 5.69 Å². The minimum absolute atomic E-state index is 0.672. The molecule has 1 aliphatic rings. The zero-order valence-corrected chi connectivity index (χ0v) is 10.1. The highest BCUT2D eigenvalue weighted by atomic mass is 16.5. The first-order chi connectivity index (χ1) is 8.83. The second-order valence-corrected chi connectivity index (χ2v) is 4.49. The Kier molecular flexibility index (Phi) is 2.84. The van der Waals surface area contributed by atoms with E-state index >= 15 is 0 Å². The number of hydrogen-bond acceptors (Lipinski definition) is 4. The van der Waals surface area contributed by atoms with E-state index < -0.39 is 0 Å². The lowest BCUT2D eigenvalue weighted by Gasteiger charge is -2.17. The average molecular weight is 241 g/mol. The summed E-state index contributed by atoms with van der Waals surface area (Å²) in [5.41, 5.74) is 8.69. The lowest BCUT2D eigenvalue weighted by atomic mass is 9.97. The van der Waals surface area contributed by atoms with Gasteiger partial charge in [-0.25, -0.2) is 9.97 Å². The Morgan fingerprint density at radius 3 is 2.89 bits per heavy atom. The van der Waals surface area contributed by atoms with Crippen LogP contribution in [0.15, 0.2) is 30.6 Å². The lowest BCUT2D eigenvalue weighted by molar-refractivity contribution is 0.447. The lowest BCUT2D eigenvalue weighted by Crippen LogP contribution is -2.08. The molecule has 4 nitrogen and oxygen atoms in total. The van der Waals surface area contributed by atoms with Crippen molar-refractivity contribution < 1.29 is 4.74 Å². The SMILES string of the molecule is Nc1cccc(Oc2ncnc3c2CCCC3)c1. The molecule has 0 saturated heterocycles. The van der Waals surface area contributed by atoms with Crippen LogP contribution in [0.5, 0.6) is 11.6 Å². The van der Waals surface area contributed by atoms with Gasteiger partial charge in [-0.3, -0.25) is 0 Å². The van der Waals surface area contributed by atoms with Gasteiger partial charge in [-0.15, -0.1) is 0 Å². The van der Waals surface area contributed by atoms with Crippen molar-refractivity contribution in [1.29, 1.82) is 0 Å².